The number of imidazole rings is 1. The van der Waals surface area contributed by atoms with Crippen LogP contribution in [0, 0.1) is 3.83 Å². The maximum Gasteiger partial charge on any atom is 0.303 e. The van der Waals surface area contributed by atoms with E-state index in [0.717, 1.165) is 6.42 Å². The van der Waals surface area contributed by atoms with Crippen molar-refractivity contribution in [3.05, 3.63) is 10.2 Å². The van der Waals surface area contributed by atoms with E-state index in [-0.39, 0.29) is 12.6 Å². The van der Waals surface area contributed by atoms with E-state index in [0.29, 0.717) is 34.0 Å². The summed E-state index contributed by atoms with van der Waals surface area (Å²) >= 11 is 2.00. The lowest BCUT2D eigenvalue weighted by Crippen LogP contribution is -2.40. The fraction of sp³-hybridized carbons (Fsp3) is 0.600. The van der Waals surface area contributed by atoms with Crippen molar-refractivity contribution >= 4 is 57.5 Å². The number of ether oxygens (including phenoxy) is 5. The summed E-state index contributed by atoms with van der Waals surface area (Å²) in [5.41, 5.74) is 0.919. The van der Waals surface area contributed by atoms with Gasteiger partial charge in [-0.25, -0.2) is 15.0 Å². The van der Waals surface area contributed by atoms with Gasteiger partial charge in [0.25, 0.3) is 0 Å². The van der Waals surface area contributed by atoms with Crippen LogP contribution in [0.1, 0.15) is 33.4 Å². The van der Waals surface area contributed by atoms with Gasteiger partial charge in [0.05, 0.1) is 19.0 Å². The number of hydrogen-bond acceptors (Lipinski definition) is 12. The SMILES string of the molecule is CC(=O)OC[C@H]1O[C@@H](n2cnc3c(NC4CCOC4)nc(I)nc32)[C@H](OC(C)=O)[C@@H]1OC(C)=O. The Morgan fingerprint density at radius 2 is 1.88 bits per heavy atom. The third kappa shape index (κ3) is 5.38. The first kappa shape index (κ1) is 24.5. The maximum absolute atomic E-state index is 11.9. The van der Waals surface area contributed by atoms with Gasteiger partial charge in [-0.3, -0.25) is 19.0 Å². The Bertz CT molecular complexity index is 1090. The molecule has 2 fully saturated rings. The highest BCUT2D eigenvalue weighted by molar-refractivity contribution is 14.1. The molecule has 0 amide bonds. The van der Waals surface area contributed by atoms with E-state index in [2.05, 4.69) is 20.3 Å². The predicted molar refractivity (Wildman–Crippen MR) is 123 cm³/mol. The lowest BCUT2D eigenvalue weighted by Gasteiger charge is -2.23. The van der Waals surface area contributed by atoms with E-state index in [1.54, 1.807) is 4.57 Å². The van der Waals surface area contributed by atoms with Crippen LogP contribution in [-0.2, 0) is 38.1 Å². The molecule has 2 aromatic heterocycles. The molecule has 0 aliphatic carbocycles. The first-order chi connectivity index (χ1) is 16.2. The average molecular weight is 589 g/mol. The maximum atomic E-state index is 11.9. The highest BCUT2D eigenvalue weighted by atomic mass is 127. The first-order valence-electron chi connectivity index (χ1n) is 10.6. The first-order valence-corrected chi connectivity index (χ1v) is 11.7. The molecule has 4 heterocycles. The van der Waals surface area contributed by atoms with Crippen LogP contribution in [0.4, 0.5) is 5.82 Å². The van der Waals surface area contributed by atoms with Gasteiger partial charge >= 0.3 is 17.9 Å². The fourth-order valence-corrected chi connectivity index (χ4v) is 4.40. The van der Waals surface area contributed by atoms with Gasteiger partial charge in [0.15, 0.2) is 39.2 Å². The molecule has 0 bridgehead atoms. The number of rotatable bonds is 7. The van der Waals surface area contributed by atoms with Crippen molar-refractivity contribution in [3.63, 3.8) is 0 Å². The molecular weight excluding hydrogens is 565 g/mol. The summed E-state index contributed by atoms with van der Waals surface area (Å²) in [7, 11) is 0. The van der Waals surface area contributed by atoms with Crippen LogP contribution in [0.15, 0.2) is 6.33 Å². The van der Waals surface area contributed by atoms with Crippen LogP contribution in [0.3, 0.4) is 0 Å². The Kier molecular flexibility index (Phi) is 7.47. The molecule has 0 saturated carbocycles. The number of esters is 3. The van der Waals surface area contributed by atoms with E-state index < -0.39 is 42.4 Å². The molecule has 0 spiro atoms. The molecule has 5 atom stereocenters. The molecular formula is C20H24IN5O8. The Morgan fingerprint density at radius 1 is 1.15 bits per heavy atom. The van der Waals surface area contributed by atoms with Crippen LogP contribution < -0.4 is 5.32 Å². The van der Waals surface area contributed by atoms with Gasteiger partial charge < -0.3 is 29.0 Å². The zero-order valence-electron chi connectivity index (χ0n) is 18.7. The second-order valence-electron chi connectivity index (χ2n) is 7.89. The van der Waals surface area contributed by atoms with Crippen LogP contribution in [0.5, 0.6) is 0 Å². The molecule has 4 rings (SSSR count). The summed E-state index contributed by atoms with van der Waals surface area (Å²) in [6.07, 6.45) is -1.55. The highest BCUT2D eigenvalue weighted by Crippen LogP contribution is 2.36. The largest absolute Gasteiger partial charge is 0.463 e. The monoisotopic (exact) mass is 589 g/mol. The number of carbonyl (C=O) groups excluding carboxylic acids is 3. The summed E-state index contributed by atoms with van der Waals surface area (Å²) in [5.74, 6) is -1.18. The summed E-state index contributed by atoms with van der Waals surface area (Å²) < 4.78 is 29.6. The second kappa shape index (κ2) is 10.4. The van der Waals surface area contributed by atoms with E-state index in [4.69, 9.17) is 23.7 Å². The number of hydrogen-bond donors (Lipinski definition) is 1. The Morgan fingerprint density at radius 3 is 2.53 bits per heavy atom. The molecule has 1 unspecified atom stereocenters. The quantitative estimate of drug-likeness (QED) is 0.212. The zero-order valence-corrected chi connectivity index (χ0v) is 20.9. The molecule has 184 valence electrons. The molecule has 1 N–H and O–H groups in total. The van der Waals surface area contributed by atoms with Gasteiger partial charge in [0, 0.05) is 50.0 Å². The number of anilines is 1. The standard InChI is InChI=1S/C20H24IN5O8/c1-9(27)31-7-13-15(32-10(2)28)16(33-11(3)29)19(34-13)26-8-22-14-17(23-12-4-5-30-6-12)24-20(21)25-18(14)26/h8,12-13,15-16,19H,4-7H2,1-3H3,(H,23,24,25)/t12?,13-,15-,16-,19-/m1/s1. The van der Waals surface area contributed by atoms with Crippen molar-refractivity contribution in [1.82, 2.24) is 19.5 Å². The minimum Gasteiger partial charge on any atom is -0.463 e. The Balaban J connectivity index is 1.71. The van der Waals surface area contributed by atoms with Gasteiger partial charge in [-0.05, 0) is 6.42 Å². The van der Waals surface area contributed by atoms with Crippen LogP contribution >= 0.6 is 22.6 Å². The minimum atomic E-state index is -1.04. The number of fused-ring (bicyclic) bond motifs is 1. The minimum absolute atomic E-state index is 0.0945. The van der Waals surface area contributed by atoms with E-state index in [1.165, 1.54) is 27.1 Å². The number of aromatic nitrogens is 4. The Labute approximate surface area is 208 Å². The molecule has 34 heavy (non-hydrogen) atoms. The molecule has 2 aromatic rings. The van der Waals surface area contributed by atoms with Gasteiger partial charge in [-0.2, -0.15) is 0 Å². The summed E-state index contributed by atoms with van der Waals surface area (Å²) in [5, 5.41) is 3.34. The van der Waals surface area contributed by atoms with Crippen molar-refractivity contribution in [2.45, 2.75) is 57.8 Å². The molecule has 13 nitrogen and oxygen atoms in total. The van der Waals surface area contributed by atoms with Crippen LogP contribution in [0.25, 0.3) is 11.2 Å². The van der Waals surface area contributed by atoms with E-state index >= 15 is 0 Å². The average Bonchev–Trinajstić information content (AvgIpc) is 3.46. The van der Waals surface area contributed by atoms with Gasteiger partial charge in [0.1, 0.15) is 12.7 Å². The second-order valence-corrected chi connectivity index (χ2v) is 8.85. The topological polar surface area (TPSA) is 153 Å². The van der Waals surface area contributed by atoms with E-state index in [9.17, 15) is 14.4 Å². The number of halogens is 1. The van der Waals surface area contributed by atoms with Crippen molar-refractivity contribution in [3.8, 4) is 0 Å². The lowest BCUT2D eigenvalue weighted by atomic mass is 10.1. The third-order valence-corrected chi connectivity index (χ3v) is 5.76. The molecule has 2 aliphatic heterocycles. The molecule has 0 radical (unpaired) electrons. The number of carbonyl (C=O) groups is 3. The summed E-state index contributed by atoms with van der Waals surface area (Å²) in [6, 6.07) is 0.0945. The third-order valence-electron chi connectivity index (χ3n) is 5.28. The molecule has 14 heteroatoms. The normalized spacial score (nSPS) is 26.4. The zero-order chi connectivity index (χ0) is 24.4. The smallest absolute Gasteiger partial charge is 0.303 e. The van der Waals surface area contributed by atoms with Crippen molar-refractivity contribution in [1.29, 1.82) is 0 Å². The summed E-state index contributed by atoms with van der Waals surface area (Å²) in [6.45, 7) is 4.75. The lowest BCUT2D eigenvalue weighted by molar-refractivity contribution is -0.166. The fourth-order valence-electron chi connectivity index (χ4n) is 3.94. The highest BCUT2D eigenvalue weighted by Gasteiger charge is 2.51. The number of nitrogens with zero attached hydrogens (tertiary/aromatic N) is 4. The van der Waals surface area contributed by atoms with Crippen LogP contribution in [-0.4, -0.2) is 81.6 Å². The molecule has 0 aromatic carbocycles. The molecule has 2 saturated heterocycles. The predicted octanol–water partition coefficient (Wildman–Crippen LogP) is 0.956. The van der Waals surface area contributed by atoms with Crippen LogP contribution in [0.2, 0.25) is 0 Å². The number of nitrogens with one attached hydrogen (secondary N) is 1. The van der Waals surface area contributed by atoms with Gasteiger partial charge in [0.2, 0.25) is 0 Å². The van der Waals surface area contributed by atoms with Crippen molar-refractivity contribution in [2.24, 2.45) is 0 Å². The van der Waals surface area contributed by atoms with E-state index in [1.807, 2.05) is 22.6 Å². The van der Waals surface area contributed by atoms with Crippen molar-refractivity contribution < 1.29 is 38.1 Å². The van der Waals surface area contributed by atoms with Crippen molar-refractivity contribution in [2.75, 3.05) is 25.1 Å². The van der Waals surface area contributed by atoms with Gasteiger partial charge in [-0.15, -0.1) is 0 Å². The molecule has 2 aliphatic rings. The Hall–Kier alpha value is -2.59. The van der Waals surface area contributed by atoms with Gasteiger partial charge in [-0.1, -0.05) is 0 Å². The summed E-state index contributed by atoms with van der Waals surface area (Å²) in [4.78, 5) is 48.5.